The Balaban J connectivity index is 1.86. The van der Waals surface area contributed by atoms with Crippen molar-refractivity contribution in [3.63, 3.8) is 0 Å². The molecule has 1 amide bonds. The minimum Gasteiger partial charge on any atom is -0.472 e. The first-order valence-corrected chi connectivity index (χ1v) is 6.27. The van der Waals surface area contributed by atoms with Gasteiger partial charge in [0.25, 0.3) is 0 Å². The van der Waals surface area contributed by atoms with Gasteiger partial charge < -0.3 is 9.64 Å². The number of likely N-dealkylation sites (tertiary alicyclic amines) is 1. The van der Waals surface area contributed by atoms with E-state index in [0.717, 1.165) is 5.56 Å². The van der Waals surface area contributed by atoms with Gasteiger partial charge in [-0.05, 0) is 12.5 Å². The van der Waals surface area contributed by atoms with Gasteiger partial charge in [0.15, 0.2) is 0 Å². The number of carbonyl (C=O) groups is 1. The molecule has 0 spiro atoms. The number of aryl methyl sites for hydroxylation is 1. The van der Waals surface area contributed by atoms with E-state index in [-0.39, 0.29) is 19.2 Å². The monoisotopic (exact) mass is 288 g/mol. The molecule has 0 N–H and O–H groups in total. The summed E-state index contributed by atoms with van der Waals surface area (Å²) in [7, 11) is 0. The Hall–Kier alpha value is -1.79. The van der Waals surface area contributed by atoms with Crippen LogP contribution in [-0.4, -0.2) is 41.2 Å². The standard InChI is InChI=1S/C13H15F3N2O2/c1-9-2-3-11(17-7-9)20-10-4-5-18(8-10)12(19)6-13(14,15)16/h2-3,7,10H,4-6,8H2,1H3/t10-/m1/s1. The van der Waals surface area contributed by atoms with Gasteiger partial charge in [-0.1, -0.05) is 6.07 Å². The number of nitrogens with zero attached hydrogens (tertiary/aromatic N) is 2. The van der Waals surface area contributed by atoms with Gasteiger partial charge in [0.2, 0.25) is 11.8 Å². The van der Waals surface area contributed by atoms with Gasteiger partial charge in [-0.3, -0.25) is 4.79 Å². The van der Waals surface area contributed by atoms with E-state index < -0.39 is 18.5 Å². The zero-order valence-corrected chi connectivity index (χ0v) is 11.0. The second-order valence-corrected chi connectivity index (χ2v) is 4.83. The van der Waals surface area contributed by atoms with Crippen LogP contribution in [0.3, 0.4) is 0 Å². The van der Waals surface area contributed by atoms with Crippen molar-refractivity contribution < 1.29 is 22.7 Å². The second-order valence-electron chi connectivity index (χ2n) is 4.83. The van der Waals surface area contributed by atoms with Crippen molar-refractivity contribution in [3.8, 4) is 5.88 Å². The molecule has 1 aromatic rings. The van der Waals surface area contributed by atoms with E-state index >= 15 is 0 Å². The van der Waals surface area contributed by atoms with Gasteiger partial charge in [0.05, 0.1) is 6.54 Å². The van der Waals surface area contributed by atoms with Gasteiger partial charge in [-0.15, -0.1) is 0 Å². The molecular weight excluding hydrogens is 273 g/mol. The first-order valence-electron chi connectivity index (χ1n) is 6.27. The lowest BCUT2D eigenvalue weighted by molar-refractivity contribution is -0.160. The molecule has 0 bridgehead atoms. The molecule has 4 nitrogen and oxygen atoms in total. The zero-order valence-electron chi connectivity index (χ0n) is 11.0. The van der Waals surface area contributed by atoms with E-state index in [1.807, 2.05) is 13.0 Å². The summed E-state index contributed by atoms with van der Waals surface area (Å²) in [4.78, 5) is 16.7. The van der Waals surface area contributed by atoms with Crippen LogP contribution in [0.25, 0.3) is 0 Å². The molecule has 2 rings (SSSR count). The summed E-state index contributed by atoms with van der Waals surface area (Å²) in [5.74, 6) is -0.480. The van der Waals surface area contributed by atoms with Crippen molar-refractivity contribution in [2.45, 2.75) is 32.0 Å². The van der Waals surface area contributed by atoms with E-state index in [9.17, 15) is 18.0 Å². The maximum absolute atomic E-state index is 12.2. The van der Waals surface area contributed by atoms with Crippen molar-refractivity contribution in [2.24, 2.45) is 0 Å². The number of pyridine rings is 1. The van der Waals surface area contributed by atoms with Crippen LogP contribution in [0.1, 0.15) is 18.4 Å². The number of carbonyl (C=O) groups excluding carboxylic acids is 1. The molecule has 0 saturated carbocycles. The van der Waals surface area contributed by atoms with E-state index in [4.69, 9.17) is 4.74 Å². The average molecular weight is 288 g/mol. The van der Waals surface area contributed by atoms with Crippen LogP contribution in [0, 0.1) is 6.92 Å². The van der Waals surface area contributed by atoms with Crippen LogP contribution in [0.4, 0.5) is 13.2 Å². The van der Waals surface area contributed by atoms with Gasteiger partial charge in [0, 0.05) is 25.2 Å². The summed E-state index contributed by atoms with van der Waals surface area (Å²) < 4.78 is 42.0. The zero-order chi connectivity index (χ0) is 14.8. The fraction of sp³-hybridized carbons (Fsp3) is 0.538. The molecule has 0 aliphatic carbocycles. The van der Waals surface area contributed by atoms with Crippen molar-refractivity contribution in [1.82, 2.24) is 9.88 Å². The third-order valence-corrected chi connectivity index (χ3v) is 3.02. The highest BCUT2D eigenvalue weighted by Gasteiger charge is 2.36. The number of halogens is 3. The Morgan fingerprint density at radius 3 is 2.85 bits per heavy atom. The lowest BCUT2D eigenvalue weighted by atomic mass is 10.3. The molecule has 1 fully saturated rings. The molecule has 1 aliphatic heterocycles. The first kappa shape index (κ1) is 14.6. The summed E-state index contributed by atoms with van der Waals surface area (Å²) in [5.41, 5.74) is 0.991. The highest BCUT2D eigenvalue weighted by atomic mass is 19.4. The molecule has 2 heterocycles. The van der Waals surface area contributed by atoms with Gasteiger partial charge >= 0.3 is 6.18 Å². The lowest BCUT2D eigenvalue weighted by Gasteiger charge is -2.17. The summed E-state index contributed by atoms with van der Waals surface area (Å²) in [6.07, 6.45) is -4.02. The molecule has 1 saturated heterocycles. The number of aromatic nitrogens is 1. The highest BCUT2D eigenvalue weighted by Crippen LogP contribution is 2.23. The summed E-state index contributed by atoms with van der Waals surface area (Å²) in [6, 6.07) is 3.54. The normalized spacial score (nSPS) is 19.2. The molecule has 0 aromatic carbocycles. The molecule has 7 heteroatoms. The highest BCUT2D eigenvalue weighted by molar-refractivity contribution is 5.77. The van der Waals surface area contributed by atoms with Crippen molar-refractivity contribution in [1.29, 1.82) is 0 Å². The number of hydrogen-bond acceptors (Lipinski definition) is 3. The van der Waals surface area contributed by atoms with Gasteiger partial charge in [-0.2, -0.15) is 13.2 Å². The summed E-state index contributed by atoms with van der Waals surface area (Å²) in [6.45, 7) is 2.35. The molecule has 1 atom stereocenters. The Morgan fingerprint density at radius 2 is 2.25 bits per heavy atom. The van der Waals surface area contributed by atoms with Crippen LogP contribution >= 0.6 is 0 Å². The first-order chi connectivity index (χ1) is 9.33. The third kappa shape index (κ3) is 4.11. The predicted octanol–water partition coefficient (Wildman–Crippen LogP) is 2.32. The Kier molecular flexibility index (Phi) is 4.15. The van der Waals surface area contributed by atoms with Crippen molar-refractivity contribution in [2.75, 3.05) is 13.1 Å². The number of alkyl halides is 3. The smallest absolute Gasteiger partial charge is 0.397 e. The maximum Gasteiger partial charge on any atom is 0.397 e. The van der Waals surface area contributed by atoms with E-state index in [1.165, 1.54) is 4.90 Å². The van der Waals surface area contributed by atoms with Crippen molar-refractivity contribution >= 4 is 5.91 Å². The molecule has 110 valence electrons. The molecule has 1 aliphatic rings. The molecular formula is C13H15F3N2O2. The van der Waals surface area contributed by atoms with Crippen LogP contribution in [0.15, 0.2) is 18.3 Å². The van der Waals surface area contributed by atoms with Crippen molar-refractivity contribution in [3.05, 3.63) is 23.9 Å². The Morgan fingerprint density at radius 1 is 1.50 bits per heavy atom. The predicted molar refractivity (Wildman–Crippen MR) is 65.3 cm³/mol. The topological polar surface area (TPSA) is 42.4 Å². The summed E-state index contributed by atoms with van der Waals surface area (Å²) in [5, 5.41) is 0. The minimum atomic E-state index is -4.46. The number of rotatable bonds is 3. The molecule has 20 heavy (non-hydrogen) atoms. The maximum atomic E-state index is 12.2. The lowest BCUT2D eigenvalue weighted by Crippen LogP contribution is -2.33. The van der Waals surface area contributed by atoms with Crippen LogP contribution in [0.5, 0.6) is 5.88 Å². The van der Waals surface area contributed by atoms with E-state index in [2.05, 4.69) is 4.98 Å². The van der Waals surface area contributed by atoms with Gasteiger partial charge in [-0.25, -0.2) is 4.98 Å². The van der Waals surface area contributed by atoms with Gasteiger partial charge in [0.1, 0.15) is 12.5 Å². The van der Waals surface area contributed by atoms with Crippen LogP contribution in [-0.2, 0) is 4.79 Å². The molecule has 0 unspecified atom stereocenters. The SMILES string of the molecule is Cc1ccc(O[C@@H]2CCN(C(=O)CC(F)(F)F)C2)nc1. The fourth-order valence-electron chi connectivity index (χ4n) is 2.03. The van der Waals surface area contributed by atoms with E-state index in [1.54, 1.807) is 12.3 Å². The molecule has 0 radical (unpaired) electrons. The third-order valence-electron chi connectivity index (χ3n) is 3.02. The quantitative estimate of drug-likeness (QED) is 0.857. The average Bonchev–Trinajstić information content (AvgIpc) is 2.79. The summed E-state index contributed by atoms with van der Waals surface area (Å²) >= 11 is 0. The number of amides is 1. The van der Waals surface area contributed by atoms with Crippen LogP contribution in [0.2, 0.25) is 0 Å². The fourth-order valence-corrected chi connectivity index (χ4v) is 2.03. The largest absolute Gasteiger partial charge is 0.472 e. The Bertz CT molecular complexity index is 473. The minimum absolute atomic E-state index is 0.171. The molecule has 1 aromatic heterocycles. The van der Waals surface area contributed by atoms with Crippen LogP contribution < -0.4 is 4.74 Å². The number of ether oxygens (including phenoxy) is 1. The van der Waals surface area contributed by atoms with E-state index in [0.29, 0.717) is 12.3 Å². The second kappa shape index (κ2) is 5.68. The number of hydrogen-bond donors (Lipinski definition) is 0. The Labute approximate surface area is 114 Å².